The topological polar surface area (TPSA) is 47.3 Å². The minimum Gasteiger partial charge on any atom is -0.493 e. The quantitative estimate of drug-likeness (QED) is 0.787. The van der Waals surface area contributed by atoms with Crippen LogP contribution in [0.1, 0.15) is 18.9 Å². The number of nitrogen functional groups attached to an aromatic ring is 1. The molecule has 3 nitrogen and oxygen atoms in total. The minimum absolute atomic E-state index is 0.216. The Bertz CT molecular complexity index is 572. The molecule has 0 spiro atoms. The normalized spacial score (nSPS) is 10.3. The fraction of sp³-hybridized carbons (Fsp3) is 0.250. The van der Waals surface area contributed by atoms with Gasteiger partial charge >= 0.3 is 0 Å². The molecule has 0 saturated heterocycles. The van der Waals surface area contributed by atoms with Gasteiger partial charge in [-0.15, -0.1) is 0 Å². The van der Waals surface area contributed by atoms with Crippen molar-refractivity contribution in [1.29, 1.82) is 0 Å². The van der Waals surface area contributed by atoms with Gasteiger partial charge in [0.15, 0.2) is 0 Å². The van der Waals surface area contributed by atoms with E-state index >= 15 is 0 Å². The van der Waals surface area contributed by atoms with Crippen LogP contribution >= 0.6 is 0 Å². The lowest BCUT2D eigenvalue weighted by Crippen LogP contribution is -2.03. The van der Waals surface area contributed by atoms with Crippen LogP contribution in [0.4, 0.5) is 15.8 Å². The Morgan fingerprint density at radius 1 is 1.20 bits per heavy atom. The Balaban J connectivity index is 2.05. The van der Waals surface area contributed by atoms with Gasteiger partial charge in [0, 0.05) is 35.6 Å². The van der Waals surface area contributed by atoms with Crippen LogP contribution in [-0.4, -0.2) is 6.61 Å². The van der Waals surface area contributed by atoms with Crippen molar-refractivity contribution in [1.82, 2.24) is 0 Å². The zero-order chi connectivity index (χ0) is 14.4. The number of hydrogen-bond donors (Lipinski definition) is 2. The molecule has 2 aromatic rings. The van der Waals surface area contributed by atoms with E-state index in [1.165, 1.54) is 6.07 Å². The molecule has 0 saturated carbocycles. The summed E-state index contributed by atoms with van der Waals surface area (Å²) in [5, 5.41) is 3.16. The van der Waals surface area contributed by atoms with Crippen molar-refractivity contribution in [3.05, 3.63) is 53.8 Å². The highest BCUT2D eigenvalue weighted by Crippen LogP contribution is 2.23. The summed E-state index contributed by atoms with van der Waals surface area (Å²) < 4.78 is 19.1. The van der Waals surface area contributed by atoms with Crippen molar-refractivity contribution >= 4 is 11.4 Å². The van der Waals surface area contributed by atoms with E-state index in [1.807, 2.05) is 19.1 Å². The summed E-state index contributed by atoms with van der Waals surface area (Å²) in [4.78, 5) is 0. The van der Waals surface area contributed by atoms with Crippen molar-refractivity contribution in [2.45, 2.75) is 19.9 Å². The number of anilines is 2. The lowest BCUT2D eigenvalue weighted by molar-refractivity contribution is 0.318. The average Bonchev–Trinajstić information content (AvgIpc) is 2.44. The predicted molar refractivity (Wildman–Crippen MR) is 80.4 cm³/mol. The first-order valence-corrected chi connectivity index (χ1v) is 6.69. The third-order valence-electron chi connectivity index (χ3n) is 2.84. The molecule has 2 aromatic carbocycles. The molecule has 0 heterocycles. The second kappa shape index (κ2) is 6.80. The summed E-state index contributed by atoms with van der Waals surface area (Å²) in [7, 11) is 0. The van der Waals surface area contributed by atoms with Gasteiger partial charge in [0.05, 0.1) is 6.61 Å². The molecule has 0 atom stereocenters. The summed E-state index contributed by atoms with van der Waals surface area (Å²) >= 11 is 0. The number of ether oxygens (including phenoxy) is 1. The number of hydrogen-bond acceptors (Lipinski definition) is 3. The Labute approximate surface area is 118 Å². The van der Waals surface area contributed by atoms with Crippen LogP contribution in [-0.2, 0) is 6.54 Å². The van der Waals surface area contributed by atoms with Gasteiger partial charge in [0.25, 0.3) is 0 Å². The molecule has 0 aromatic heterocycles. The smallest absolute Gasteiger partial charge is 0.128 e. The summed E-state index contributed by atoms with van der Waals surface area (Å²) in [5.41, 5.74) is 7.89. The Hall–Kier alpha value is -2.23. The first kappa shape index (κ1) is 14.2. The molecule has 0 unspecified atom stereocenters. The van der Waals surface area contributed by atoms with Crippen molar-refractivity contribution < 1.29 is 9.13 Å². The summed E-state index contributed by atoms with van der Waals surface area (Å²) in [6.07, 6.45) is 0.937. The van der Waals surface area contributed by atoms with Gasteiger partial charge in [-0.1, -0.05) is 25.1 Å². The van der Waals surface area contributed by atoms with Gasteiger partial charge in [-0.05, 0) is 18.6 Å². The Kier molecular flexibility index (Phi) is 4.82. The van der Waals surface area contributed by atoms with E-state index in [4.69, 9.17) is 10.5 Å². The van der Waals surface area contributed by atoms with Crippen molar-refractivity contribution in [3.8, 4) is 5.75 Å². The highest BCUT2D eigenvalue weighted by atomic mass is 19.1. The predicted octanol–water partition coefficient (Wildman–Crippen LogP) is 3.81. The summed E-state index contributed by atoms with van der Waals surface area (Å²) in [6.45, 7) is 3.10. The zero-order valence-electron chi connectivity index (χ0n) is 11.5. The van der Waals surface area contributed by atoms with Crippen LogP contribution in [0, 0.1) is 5.82 Å². The van der Waals surface area contributed by atoms with E-state index in [1.54, 1.807) is 24.3 Å². The molecule has 3 N–H and O–H groups in total. The number of halogens is 1. The molecule has 0 aliphatic heterocycles. The Morgan fingerprint density at radius 2 is 2.00 bits per heavy atom. The largest absolute Gasteiger partial charge is 0.493 e. The highest BCUT2D eigenvalue weighted by molar-refractivity contribution is 5.59. The number of nitrogens with one attached hydrogen (secondary N) is 1. The van der Waals surface area contributed by atoms with E-state index in [0.29, 0.717) is 24.4 Å². The van der Waals surface area contributed by atoms with Crippen LogP contribution in [0.15, 0.2) is 42.5 Å². The van der Waals surface area contributed by atoms with Gasteiger partial charge in [-0.2, -0.15) is 0 Å². The standard InChI is InChI=1S/C16H19FN2O/c1-2-7-20-15-9-13(18)8-14(10-15)19-11-12-5-3-4-6-16(12)17/h3-6,8-10,19H,2,7,11,18H2,1H3. The minimum atomic E-state index is -0.216. The Morgan fingerprint density at radius 3 is 2.75 bits per heavy atom. The van der Waals surface area contributed by atoms with Gasteiger partial charge in [0.1, 0.15) is 11.6 Å². The van der Waals surface area contributed by atoms with Crippen molar-refractivity contribution in [3.63, 3.8) is 0 Å². The molecule has 4 heteroatoms. The maximum atomic E-state index is 13.5. The second-order valence-corrected chi connectivity index (χ2v) is 4.58. The molecule has 106 valence electrons. The molecular weight excluding hydrogens is 255 g/mol. The summed E-state index contributed by atoms with van der Waals surface area (Å²) in [6, 6.07) is 12.1. The van der Waals surface area contributed by atoms with Gasteiger partial charge in [-0.3, -0.25) is 0 Å². The highest BCUT2D eigenvalue weighted by Gasteiger charge is 2.03. The molecule has 2 rings (SSSR count). The van der Waals surface area contributed by atoms with E-state index < -0.39 is 0 Å². The molecule has 0 aliphatic rings. The molecule has 0 fully saturated rings. The fourth-order valence-electron chi connectivity index (χ4n) is 1.87. The fourth-order valence-corrected chi connectivity index (χ4v) is 1.87. The second-order valence-electron chi connectivity index (χ2n) is 4.58. The van der Waals surface area contributed by atoms with Crippen molar-refractivity contribution in [2.24, 2.45) is 0 Å². The molecular formula is C16H19FN2O. The first-order valence-electron chi connectivity index (χ1n) is 6.69. The maximum Gasteiger partial charge on any atom is 0.128 e. The monoisotopic (exact) mass is 274 g/mol. The van der Waals surface area contributed by atoms with E-state index in [9.17, 15) is 4.39 Å². The van der Waals surface area contributed by atoms with Crippen LogP contribution in [0.5, 0.6) is 5.75 Å². The van der Waals surface area contributed by atoms with Crippen LogP contribution in [0.3, 0.4) is 0 Å². The molecule has 0 aliphatic carbocycles. The van der Waals surface area contributed by atoms with Crippen molar-refractivity contribution in [2.75, 3.05) is 17.7 Å². The summed E-state index contributed by atoms with van der Waals surface area (Å²) in [5.74, 6) is 0.509. The van der Waals surface area contributed by atoms with Crippen LogP contribution in [0.2, 0.25) is 0 Å². The number of benzene rings is 2. The molecule has 0 radical (unpaired) electrons. The maximum absolute atomic E-state index is 13.5. The lowest BCUT2D eigenvalue weighted by atomic mass is 10.2. The molecule has 0 bridgehead atoms. The number of nitrogens with two attached hydrogens (primary N) is 1. The zero-order valence-corrected chi connectivity index (χ0v) is 11.5. The number of rotatable bonds is 6. The van der Waals surface area contributed by atoms with Crippen LogP contribution < -0.4 is 15.8 Å². The van der Waals surface area contributed by atoms with Gasteiger partial charge in [-0.25, -0.2) is 4.39 Å². The lowest BCUT2D eigenvalue weighted by Gasteiger charge is -2.11. The molecule has 20 heavy (non-hydrogen) atoms. The average molecular weight is 274 g/mol. The van der Waals surface area contributed by atoms with E-state index in [-0.39, 0.29) is 5.82 Å². The third kappa shape index (κ3) is 3.88. The van der Waals surface area contributed by atoms with Crippen LogP contribution in [0.25, 0.3) is 0 Å². The van der Waals surface area contributed by atoms with E-state index in [2.05, 4.69) is 5.32 Å². The first-order chi connectivity index (χ1) is 9.69. The molecule has 0 amide bonds. The van der Waals surface area contributed by atoms with Gasteiger partial charge in [0.2, 0.25) is 0 Å². The van der Waals surface area contributed by atoms with E-state index in [0.717, 1.165) is 17.9 Å². The van der Waals surface area contributed by atoms with Gasteiger partial charge < -0.3 is 15.8 Å². The third-order valence-corrected chi connectivity index (χ3v) is 2.84. The SMILES string of the molecule is CCCOc1cc(N)cc(NCc2ccccc2F)c1.